The molecule has 0 aromatic heterocycles. The molecule has 2 aromatic rings. The Bertz CT molecular complexity index is 787. The summed E-state index contributed by atoms with van der Waals surface area (Å²) in [5.41, 5.74) is 2.07. The van der Waals surface area contributed by atoms with Gasteiger partial charge in [-0.25, -0.2) is 8.42 Å². The highest BCUT2D eigenvalue weighted by atomic mass is 35.5. The summed E-state index contributed by atoms with van der Waals surface area (Å²) in [4.78, 5) is 0.332. The van der Waals surface area contributed by atoms with E-state index in [0.29, 0.717) is 24.5 Å². The Morgan fingerprint density at radius 3 is 2.20 bits per heavy atom. The predicted octanol–water partition coefficient (Wildman–Crippen LogP) is 4.22. The van der Waals surface area contributed by atoms with Crippen molar-refractivity contribution in [2.24, 2.45) is 0 Å². The van der Waals surface area contributed by atoms with Gasteiger partial charge in [0.05, 0.1) is 4.90 Å². The fraction of sp³-hybridized carbons (Fsp3) is 0.368. The number of rotatable bonds is 8. The van der Waals surface area contributed by atoms with Crippen molar-refractivity contribution in [3.63, 3.8) is 0 Å². The molecule has 0 radical (unpaired) electrons. The van der Waals surface area contributed by atoms with E-state index in [1.165, 1.54) is 4.31 Å². The molecule has 0 aliphatic rings. The van der Waals surface area contributed by atoms with Crippen molar-refractivity contribution in [3.8, 4) is 0 Å². The zero-order valence-electron chi connectivity index (χ0n) is 14.9. The average Bonchev–Trinajstić information content (AvgIpc) is 2.61. The third kappa shape index (κ3) is 4.82. The highest BCUT2D eigenvalue weighted by Crippen LogP contribution is 2.21. The van der Waals surface area contributed by atoms with Gasteiger partial charge in [0.25, 0.3) is 0 Å². The molecule has 2 rings (SSSR count). The molecule has 0 spiro atoms. The Labute approximate surface area is 155 Å². The van der Waals surface area contributed by atoms with Gasteiger partial charge in [0.15, 0.2) is 0 Å². The summed E-state index contributed by atoms with van der Waals surface area (Å²) in [6.45, 7) is 7.32. The first-order valence-electron chi connectivity index (χ1n) is 8.47. The van der Waals surface area contributed by atoms with Crippen LogP contribution < -0.4 is 5.32 Å². The minimum Gasteiger partial charge on any atom is -0.306 e. The Morgan fingerprint density at radius 2 is 1.64 bits per heavy atom. The Kier molecular flexibility index (Phi) is 7.02. The van der Waals surface area contributed by atoms with Crippen LogP contribution in [-0.2, 0) is 16.6 Å². The van der Waals surface area contributed by atoms with Crippen LogP contribution in [0.5, 0.6) is 0 Å². The lowest BCUT2D eigenvalue weighted by molar-refractivity contribution is 0.445. The molecule has 4 nitrogen and oxygen atoms in total. The van der Waals surface area contributed by atoms with E-state index in [9.17, 15) is 8.42 Å². The van der Waals surface area contributed by atoms with Crippen molar-refractivity contribution in [3.05, 3.63) is 64.7 Å². The molecule has 0 aliphatic heterocycles. The summed E-state index contributed by atoms with van der Waals surface area (Å²) >= 11 is 6.17. The minimum atomic E-state index is -3.41. The summed E-state index contributed by atoms with van der Waals surface area (Å²) in [6.07, 6.45) is 0. The first-order chi connectivity index (χ1) is 11.9. The number of sulfonamides is 1. The maximum atomic E-state index is 12.5. The van der Waals surface area contributed by atoms with Gasteiger partial charge in [-0.15, -0.1) is 0 Å². The summed E-state index contributed by atoms with van der Waals surface area (Å²) in [5, 5.41) is 4.15. The number of benzene rings is 2. The van der Waals surface area contributed by atoms with Crippen molar-refractivity contribution >= 4 is 21.6 Å². The van der Waals surface area contributed by atoms with Gasteiger partial charge in [0, 0.05) is 30.7 Å². The number of hydrogen-bond acceptors (Lipinski definition) is 3. The zero-order chi connectivity index (χ0) is 18.4. The van der Waals surface area contributed by atoms with Gasteiger partial charge >= 0.3 is 0 Å². The van der Waals surface area contributed by atoms with Crippen molar-refractivity contribution in [2.45, 2.75) is 38.3 Å². The summed E-state index contributed by atoms with van der Waals surface area (Å²) < 4.78 is 26.5. The summed E-state index contributed by atoms with van der Waals surface area (Å²) in [7, 11) is -3.41. The number of halogens is 1. The van der Waals surface area contributed by atoms with Gasteiger partial charge in [0.2, 0.25) is 10.0 Å². The molecule has 0 unspecified atom stereocenters. The zero-order valence-corrected chi connectivity index (χ0v) is 16.4. The second kappa shape index (κ2) is 8.81. The van der Waals surface area contributed by atoms with Crippen LogP contribution >= 0.6 is 11.6 Å². The number of hydrogen-bond donors (Lipinski definition) is 1. The Balaban J connectivity index is 2.08. The van der Waals surface area contributed by atoms with Crippen LogP contribution in [0, 0.1) is 0 Å². The molecule has 0 saturated carbocycles. The predicted molar refractivity (Wildman–Crippen MR) is 103 cm³/mol. The van der Waals surface area contributed by atoms with Gasteiger partial charge in [-0.1, -0.05) is 55.8 Å². The third-order valence-corrected chi connectivity index (χ3v) is 6.71. The Hall–Kier alpha value is -1.40. The van der Waals surface area contributed by atoms with Crippen LogP contribution in [0.25, 0.3) is 0 Å². The lowest BCUT2D eigenvalue weighted by Crippen LogP contribution is -2.30. The van der Waals surface area contributed by atoms with Gasteiger partial charge in [0.1, 0.15) is 0 Å². The maximum Gasteiger partial charge on any atom is 0.243 e. The van der Waals surface area contributed by atoms with Gasteiger partial charge in [-0.05, 0) is 36.2 Å². The van der Waals surface area contributed by atoms with Crippen molar-refractivity contribution in [1.82, 2.24) is 9.62 Å². The van der Waals surface area contributed by atoms with E-state index in [4.69, 9.17) is 11.6 Å². The Morgan fingerprint density at radius 1 is 1.04 bits per heavy atom. The SMILES string of the molecule is CCN(CC)S(=O)(=O)c1ccc([C@H](C)NCc2ccccc2Cl)cc1. The van der Waals surface area contributed by atoms with Crippen molar-refractivity contribution < 1.29 is 8.42 Å². The number of nitrogens with one attached hydrogen (secondary N) is 1. The lowest BCUT2D eigenvalue weighted by atomic mass is 10.1. The van der Waals surface area contributed by atoms with E-state index < -0.39 is 10.0 Å². The molecular weight excluding hydrogens is 356 g/mol. The standard InChI is InChI=1S/C19H25ClN2O2S/c1-4-22(5-2)25(23,24)18-12-10-16(11-13-18)15(3)21-14-17-8-6-7-9-19(17)20/h6-13,15,21H,4-5,14H2,1-3H3/t15-/m0/s1. The molecule has 0 aliphatic carbocycles. The minimum absolute atomic E-state index is 0.0847. The highest BCUT2D eigenvalue weighted by Gasteiger charge is 2.21. The highest BCUT2D eigenvalue weighted by molar-refractivity contribution is 7.89. The first-order valence-corrected chi connectivity index (χ1v) is 10.3. The molecule has 2 aromatic carbocycles. The van der Waals surface area contributed by atoms with Crippen LogP contribution in [0.1, 0.15) is 37.9 Å². The van der Waals surface area contributed by atoms with Crippen LogP contribution in [0.2, 0.25) is 5.02 Å². The maximum absolute atomic E-state index is 12.5. The molecule has 0 fully saturated rings. The quantitative estimate of drug-likeness (QED) is 0.745. The topological polar surface area (TPSA) is 49.4 Å². The van der Waals surface area contributed by atoms with Crippen LogP contribution in [0.15, 0.2) is 53.4 Å². The van der Waals surface area contributed by atoms with E-state index in [2.05, 4.69) is 5.32 Å². The monoisotopic (exact) mass is 380 g/mol. The van der Waals surface area contributed by atoms with E-state index in [0.717, 1.165) is 16.1 Å². The summed E-state index contributed by atoms with van der Waals surface area (Å²) in [5.74, 6) is 0. The largest absolute Gasteiger partial charge is 0.306 e. The molecule has 1 atom stereocenters. The average molecular weight is 381 g/mol. The third-order valence-electron chi connectivity index (χ3n) is 4.28. The van der Waals surface area contributed by atoms with E-state index in [-0.39, 0.29) is 6.04 Å². The second-order valence-electron chi connectivity index (χ2n) is 5.85. The molecule has 0 amide bonds. The fourth-order valence-corrected chi connectivity index (χ4v) is 4.32. The smallest absolute Gasteiger partial charge is 0.243 e. The second-order valence-corrected chi connectivity index (χ2v) is 8.20. The van der Waals surface area contributed by atoms with Crippen LogP contribution in [0.4, 0.5) is 0 Å². The molecule has 1 N–H and O–H groups in total. The molecule has 0 heterocycles. The van der Waals surface area contributed by atoms with E-state index >= 15 is 0 Å². The van der Waals surface area contributed by atoms with Crippen molar-refractivity contribution in [1.29, 1.82) is 0 Å². The molecule has 136 valence electrons. The van der Waals surface area contributed by atoms with Gasteiger partial charge in [-0.2, -0.15) is 4.31 Å². The molecule has 0 bridgehead atoms. The van der Waals surface area contributed by atoms with Crippen molar-refractivity contribution in [2.75, 3.05) is 13.1 Å². The normalized spacial score (nSPS) is 13.2. The lowest BCUT2D eigenvalue weighted by Gasteiger charge is -2.19. The van der Waals surface area contributed by atoms with E-state index in [1.807, 2.05) is 57.2 Å². The van der Waals surface area contributed by atoms with Crippen LogP contribution in [-0.4, -0.2) is 25.8 Å². The first kappa shape index (κ1) is 19.9. The molecular formula is C19H25ClN2O2S. The molecule has 0 saturated heterocycles. The summed E-state index contributed by atoms with van der Waals surface area (Å²) in [6, 6.07) is 14.9. The fourth-order valence-electron chi connectivity index (χ4n) is 2.66. The van der Waals surface area contributed by atoms with Gasteiger partial charge in [-0.3, -0.25) is 0 Å². The van der Waals surface area contributed by atoms with Crippen LogP contribution in [0.3, 0.4) is 0 Å². The van der Waals surface area contributed by atoms with E-state index in [1.54, 1.807) is 12.1 Å². The number of nitrogens with zero attached hydrogens (tertiary/aromatic N) is 1. The molecule has 25 heavy (non-hydrogen) atoms. The van der Waals surface area contributed by atoms with Gasteiger partial charge < -0.3 is 5.32 Å². The molecule has 6 heteroatoms.